The molecule has 2 aromatic carbocycles. The van der Waals surface area contributed by atoms with Gasteiger partial charge in [0.1, 0.15) is 0 Å². The third-order valence-electron chi connectivity index (χ3n) is 5.17. The molecule has 0 radical (unpaired) electrons. The quantitative estimate of drug-likeness (QED) is 0.650. The zero-order valence-corrected chi connectivity index (χ0v) is 16.2. The van der Waals surface area contributed by atoms with Crippen LogP contribution in [0.25, 0.3) is 11.4 Å². The van der Waals surface area contributed by atoms with Crippen LogP contribution >= 0.6 is 0 Å². The van der Waals surface area contributed by atoms with Gasteiger partial charge in [0.25, 0.3) is 0 Å². The van der Waals surface area contributed by atoms with E-state index in [9.17, 15) is 4.79 Å². The van der Waals surface area contributed by atoms with Gasteiger partial charge in [-0.1, -0.05) is 23.7 Å². The van der Waals surface area contributed by atoms with E-state index in [1.54, 1.807) is 4.90 Å². The molecular formula is C22H24N4O2. The van der Waals surface area contributed by atoms with E-state index in [0.29, 0.717) is 18.3 Å². The molecule has 28 heavy (non-hydrogen) atoms. The number of anilines is 2. The van der Waals surface area contributed by atoms with E-state index in [1.165, 1.54) is 6.42 Å². The molecule has 0 saturated heterocycles. The Balaban J connectivity index is 1.44. The van der Waals surface area contributed by atoms with Crippen molar-refractivity contribution < 1.29 is 9.32 Å². The first-order chi connectivity index (χ1) is 13.6. The highest BCUT2D eigenvalue weighted by Gasteiger charge is 2.25. The maximum absolute atomic E-state index is 12.7. The number of benzene rings is 2. The van der Waals surface area contributed by atoms with E-state index < -0.39 is 0 Å². The summed E-state index contributed by atoms with van der Waals surface area (Å²) in [4.78, 5) is 18.9. The van der Waals surface area contributed by atoms with Crippen molar-refractivity contribution in [2.24, 2.45) is 0 Å². The molecule has 1 aliphatic carbocycles. The highest BCUT2D eigenvalue weighted by atomic mass is 16.5. The fourth-order valence-corrected chi connectivity index (χ4v) is 3.31. The van der Waals surface area contributed by atoms with E-state index in [-0.39, 0.29) is 6.03 Å². The van der Waals surface area contributed by atoms with Crippen molar-refractivity contribution >= 4 is 17.4 Å². The maximum atomic E-state index is 12.7. The van der Waals surface area contributed by atoms with Crippen molar-refractivity contribution in [1.29, 1.82) is 0 Å². The van der Waals surface area contributed by atoms with Gasteiger partial charge in [-0.2, -0.15) is 4.98 Å². The van der Waals surface area contributed by atoms with Gasteiger partial charge in [-0.15, -0.1) is 0 Å². The smallest absolute Gasteiger partial charge is 0.326 e. The molecule has 6 heteroatoms. The normalized spacial score (nSPS) is 13.8. The van der Waals surface area contributed by atoms with Crippen molar-refractivity contribution in [1.82, 2.24) is 10.1 Å². The van der Waals surface area contributed by atoms with Crippen molar-refractivity contribution in [3.63, 3.8) is 0 Å². The number of aromatic nitrogens is 2. The largest absolute Gasteiger partial charge is 0.339 e. The van der Waals surface area contributed by atoms with Gasteiger partial charge in [0.15, 0.2) is 0 Å². The van der Waals surface area contributed by atoms with Crippen LogP contribution in [-0.4, -0.2) is 22.7 Å². The van der Waals surface area contributed by atoms with Crippen molar-refractivity contribution in [3.8, 4) is 11.4 Å². The first-order valence-electron chi connectivity index (χ1n) is 9.73. The zero-order valence-electron chi connectivity index (χ0n) is 16.2. The van der Waals surface area contributed by atoms with Gasteiger partial charge >= 0.3 is 6.03 Å². The standard InChI is InChI=1S/C22H24N4O2/c1-3-26(19-9-4-6-15(2)14-19)22(27)23-18-12-10-16(11-13-18)20-24-21(28-25-20)17-7-5-8-17/h4,6,9-14,17H,3,5,7-8H2,1-2H3,(H,23,27). The van der Waals surface area contributed by atoms with E-state index in [0.717, 1.165) is 41.2 Å². The predicted molar refractivity (Wildman–Crippen MR) is 110 cm³/mol. The summed E-state index contributed by atoms with van der Waals surface area (Å²) in [6.45, 7) is 4.56. The molecule has 1 fully saturated rings. The number of urea groups is 1. The lowest BCUT2D eigenvalue weighted by Crippen LogP contribution is -2.34. The lowest BCUT2D eigenvalue weighted by molar-refractivity contribution is 0.257. The molecule has 4 rings (SSSR count). The third-order valence-corrected chi connectivity index (χ3v) is 5.17. The molecular weight excluding hydrogens is 352 g/mol. The monoisotopic (exact) mass is 376 g/mol. The van der Waals surface area contributed by atoms with Gasteiger partial charge in [0.2, 0.25) is 11.7 Å². The number of amides is 2. The van der Waals surface area contributed by atoms with Crippen LogP contribution in [0, 0.1) is 6.92 Å². The summed E-state index contributed by atoms with van der Waals surface area (Å²) in [5, 5.41) is 7.04. The average Bonchev–Trinajstić information content (AvgIpc) is 3.11. The molecule has 0 atom stereocenters. The first kappa shape index (κ1) is 18.2. The SMILES string of the molecule is CCN(C(=O)Nc1ccc(-c2noc(C3CCC3)n2)cc1)c1cccc(C)c1. The number of hydrogen-bond acceptors (Lipinski definition) is 4. The minimum absolute atomic E-state index is 0.160. The predicted octanol–water partition coefficient (Wildman–Crippen LogP) is 5.37. The Morgan fingerprint density at radius 3 is 2.64 bits per heavy atom. The summed E-state index contributed by atoms with van der Waals surface area (Å²) >= 11 is 0. The minimum Gasteiger partial charge on any atom is -0.339 e. The van der Waals surface area contributed by atoms with Crippen LogP contribution < -0.4 is 10.2 Å². The molecule has 0 aliphatic heterocycles. The molecule has 2 amide bonds. The topological polar surface area (TPSA) is 71.3 Å². The molecule has 1 N–H and O–H groups in total. The zero-order chi connectivity index (χ0) is 19.5. The summed E-state index contributed by atoms with van der Waals surface area (Å²) in [6, 6.07) is 15.3. The number of rotatable bonds is 5. The van der Waals surface area contributed by atoms with Gasteiger partial charge in [-0.25, -0.2) is 4.79 Å². The molecule has 0 bridgehead atoms. The Kier molecular flexibility index (Phi) is 5.10. The van der Waals surface area contributed by atoms with Crippen LogP contribution in [0.4, 0.5) is 16.2 Å². The van der Waals surface area contributed by atoms with E-state index in [4.69, 9.17) is 4.52 Å². The van der Waals surface area contributed by atoms with Crippen LogP contribution in [0.1, 0.15) is 43.6 Å². The summed E-state index contributed by atoms with van der Waals surface area (Å²) in [5.74, 6) is 1.74. The lowest BCUT2D eigenvalue weighted by Gasteiger charge is -2.22. The van der Waals surface area contributed by atoms with Crippen molar-refractivity contribution in [3.05, 3.63) is 60.0 Å². The Morgan fingerprint density at radius 1 is 1.21 bits per heavy atom. The van der Waals surface area contributed by atoms with Gasteiger partial charge in [-0.3, -0.25) is 4.90 Å². The summed E-state index contributed by atoms with van der Waals surface area (Å²) in [5.41, 5.74) is 3.60. The van der Waals surface area contributed by atoms with Gasteiger partial charge < -0.3 is 9.84 Å². The Morgan fingerprint density at radius 2 is 2.00 bits per heavy atom. The number of aryl methyl sites for hydroxylation is 1. The Hall–Kier alpha value is -3.15. The molecule has 0 spiro atoms. The molecule has 3 aromatic rings. The van der Waals surface area contributed by atoms with Crippen LogP contribution in [0.15, 0.2) is 53.1 Å². The number of carbonyl (C=O) groups excluding carboxylic acids is 1. The van der Waals surface area contributed by atoms with Crippen molar-refractivity contribution in [2.45, 2.75) is 39.0 Å². The number of nitrogens with one attached hydrogen (secondary N) is 1. The minimum atomic E-state index is -0.160. The molecule has 1 aromatic heterocycles. The molecule has 144 valence electrons. The molecule has 1 saturated carbocycles. The molecule has 0 unspecified atom stereocenters. The van der Waals surface area contributed by atoms with Crippen molar-refractivity contribution in [2.75, 3.05) is 16.8 Å². The molecule has 6 nitrogen and oxygen atoms in total. The summed E-state index contributed by atoms with van der Waals surface area (Å²) in [6.07, 6.45) is 3.48. The number of carbonyl (C=O) groups is 1. The maximum Gasteiger partial charge on any atom is 0.326 e. The van der Waals surface area contributed by atoms with E-state index in [1.807, 2.05) is 62.4 Å². The number of nitrogens with zero attached hydrogens (tertiary/aromatic N) is 3. The van der Waals surface area contributed by atoms with Gasteiger partial charge in [0.05, 0.1) is 0 Å². The average molecular weight is 376 g/mol. The second kappa shape index (κ2) is 7.84. The third kappa shape index (κ3) is 3.76. The fraction of sp³-hybridized carbons (Fsp3) is 0.318. The second-order valence-corrected chi connectivity index (χ2v) is 7.17. The van der Waals surface area contributed by atoms with Gasteiger partial charge in [0, 0.05) is 29.4 Å². The van der Waals surface area contributed by atoms with Crippen LogP contribution in [0.2, 0.25) is 0 Å². The Labute approximate surface area is 164 Å². The highest BCUT2D eigenvalue weighted by molar-refractivity contribution is 6.01. The van der Waals surface area contributed by atoms with E-state index >= 15 is 0 Å². The molecule has 1 heterocycles. The summed E-state index contributed by atoms with van der Waals surface area (Å²) < 4.78 is 5.38. The Bertz CT molecular complexity index is 961. The first-order valence-corrected chi connectivity index (χ1v) is 9.73. The van der Waals surface area contributed by atoms with Crippen LogP contribution in [0.5, 0.6) is 0 Å². The summed E-state index contributed by atoms with van der Waals surface area (Å²) in [7, 11) is 0. The second-order valence-electron chi connectivity index (χ2n) is 7.17. The van der Waals surface area contributed by atoms with Gasteiger partial charge in [-0.05, 0) is 68.7 Å². The fourth-order valence-electron chi connectivity index (χ4n) is 3.31. The molecule has 1 aliphatic rings. The highest BCUT2D eigenvalue weighted by Crippen LogP contribution is 2.36. The lowest BCUT2D eigenvalue weighted by atomic mass is 9.85. The van der Waals surface area contributed by atoms with Crippen LogP contribution in [-0.2, 0) is 0 Å². The van der Waals surface area contributed by atoms with Crippen LogP contribution in [0.3, 0.4) is 0 Å². The number of hydrogen-bond donors (Lipinski definition) is 1. The van der Waals surface area contributed by atoms with E-state index in [2.05, 4.69) is 15.5 Å².